The number of aromatic nitrogens is 5. The molecule has 1 N–H and O–H groups in total. The minimum absolute atomic E-state index is 0.000526. The molecule has 0 spiro atoms. The van der Waals surface area contributed by atoms with Crippen LogP contribution in [0.3, 0.4) is 0 Å². The molecule has 7 nitrogen and oxygen atoms in total. The number of nitriles is 1. The van der Waals surface area contributed by atoms with Crippen molar-refractivity contribution in [1.82, 2.24) is 25.2 Å². The van der Waals surface area contributed by atoms with Crippen LogP contribution in [0.25, 0.3) is 11.3 Å². The molecule has 0 saturated carbocycles. The highest BCUT2D eigenvalue weighted by Gasteiger charge is 2.32. The van der Waals surface area contributed by atoms with Crippen LogP contribution < -0.4 is 4.74 Å². The average molecular weight is 362 g/mol. The maximum atomic E-state index is 13.2. The normalized spacial score (nSPS) is 11.4. The van der Waals surface area contributed by atoms with Crippen molar-refractivity contribution in [2.45, 2.75) is 19.7 Å². The fourth-order valence-electron chi connectivity index (χ4n) is 2.45. The summed E-state index contributed by atoms with van der Waals surface area (Å²) in [7, 11) is 1.72. The summed E-state index contributed by atoms with van der Waals surface area (Å²) in [6.07, 6.45) is -4.58. The third-order valence-electron chi connectivity index (χ3n) is 3.65. The number of aromatic amines is 1. The highest BCUT2D eigenvalue weighted by molar-refractivity contribution is 5.67. The SMILES string of the molecule is Cc1cc(COc2cc(-c3n[nH]nc3C#N)cc(C(F)(F)F)c2)n(C)n1. The molecule has 0 bridgehead atoms. The molecule has 0 amide bonds. The standard InChI is InChI=1S/C16H13F3N6O/c1-9-3-12(25(2)23-9)8-26-13-5-10(4-11(6-13)16(17,18)19)15-14(7-20)21-24-22-15/h3-6H,8H2,1-2H3,(H,21,22,24). The monoisotopic (exact) mass is 362 g/mol. The van der Waals surface area contributed by atoms with Gasteiger partial charge < -0.3 is 4.74 Å². The van der Waals surface area contributed by atoms with E-state index < -0.39 is 11.7 Å². The van der Waals surface area contributed by atoms with Crippen molar-refractivity contribution < 1.29 is 17.9 Å². The molecule has 1 aromatic carbocycles. The Labute approximate surface area is 146 Å². The van der Waals surface area contributed by atoms with Gasteiger partial charge in [0.05, 0.1) is 17.0 Å². The van der Waals surface area contributed by atoms with Gasteiger partial charge in [0.25, 0.3) is 0 Å². The zero-order chi connectivity index (χ0) is 18.9. The van der Waals surface area contributed by atoms with Crippen molar-refractivity contribution in [3.05, 3.63) is 46.9 Å². The van der Waals surface area contributed by atoms with Crippen LogP contribution in [0.4, 0.5) is 13.2 Å². The van der Waals surface area contributed by atoms with Gasteiger partial charge in [-0.3, -0.25) is 4.68 Å². The van der Waals surface area contributed by atoms with Crippen LogP contribution in [-0.2, 0) is 19.8 Å². The van der Waals surface area contributed by atoms with Crippen molar-refractivity contribution >= 4 is 0 Å². The Morgan fingerprint density at radius 3 is 2.62 bits per heavy atom. The second kappa shape index (κ2) is 6.51. The lowest BCUT2D eigenvalue weighted by atomic mass is 10.1. The summed E-state index contributed by atoms with van der Waals surface area (Å²) >= 11 is 0. The number of benzene rings is 1. The van der Waals surface area contributed by atoms with Gasteiger partial charge in [-0.1, -0.05) is 0 Å². The number of hydrogen-bond acceptors (Lipinski definition) is 5. The fourth-order valence-corrected chi connectivity index (χ4v) is 2.45. The molecule has 0 unspecified atom stereocenters. The first-order chi connectivity index (χ1) is 12.3. The van der Waals surface area contributed by atoms with Crippen molar-refractivity contribution in [2.24, 2.45) is 7.05 Å². The molecule has 134 valence electrons. The lowest BCUT2D eigenvalue weighted by molar-refractivity contribution is -0.137. The van der Waals surface area contributed by atoms with Gasteiger partial charge in [-0.25, -0.2) is 0 Å². The molecule has 0 fully saturated rings. The second-order valence-electron chi connectivity index (χ2n) is 5.57. The number of aryl methyl sites for hydroxylation is 2. The van der Waals surface area contributed by atoms with E-state index in [4.69, 9.17) is 10.00 Å². The van der Waals surface area contributed by atoms with E-state index in [2.05, 4.69) is 20.5 Å². The number of hydrogen-bond donors (Lipinski definition) is 1. The van der Waals surface area contributed by atoms with E-state index in [1.165, 1.54) is 6.07 Å². The van der Waals surface area contributed by atoms with Crippen molar-refractivity contribution in [2.75, 3.05) is 0 Å². The smallest absolute Gasteiger partial charge is 0.416 e. The van der Waals surface area contributed by atoms with E-state index in [-0.39, 0.29) is 29.3 Å². The van der Waals surface area contributed by atoms with Crippen LogP contribution in [0.2, 0.25) is 0 Å². The minimum atomic E-state index is -4.58. The van der Waals surface area contributed by atoms with Gasteiger partial charge in [-0.05, 0) is 31.2 Å². The Balaban J connectivity index is 1.98. The summed E-state index contributed by atoms with van der Waals surface area (Å²) in [5.74, 6) is 0.000526. The van der Waals surface area contributed by atoms with Crippen LogP contribution >= 0.6 is 0 Å². The van der Waals surface area contributed by atoms with Gasteiger partial charge in [0.2, 0.25) is 0 Å². The molecule has 3 rings (SSSR count). The number of nitrogens with one attached hydrogen (secondary N) is 1. The van der Waals surface area contributed by atoms with Gasteiger partial charge in [0.15, 0.2) is 5.69 Å². The first-order valence-electron chi connectivity index (χ1n) is 7.44. The summed E-state index contributed by atoms with van der Waals surface area (Å²) in [6, 6.07) is 6.75. The molecule has 26 heavy (non-hydrogen) atoms. The van der Waals surface area contributed by atoms with E-state index in [1.807, 2.05) is 0 Å². The van der Waals surface area contributed by atoms with Crippen LogP contribution in [0.1, 0.15) is 22.6 Å². The lowest BCUT2D eigenvalue weighted by Gasteiger charge is -2.12. The maximum Gasteiger partial charge on any atom is 0.416 e. The lowest BCUT2D eigenvalue weighted by Crippen LogP contribution is -2.07. The Hall–Kier alpha value is -3.35. The Morgan fingerprint density at radius 2 is 2.00 bits per heavy atom. The number of rotatable bonds is 4. The molecule has 0 aliphatic carbocycles. The van der Waals surface area contributed by atoms with E-state index >= 15 is 0 Å². The molecule has 0 radical (unpaired) electrons. The predicted octanol–water partition coefficient (Wildman–Crippen LogP) is 2.98. The average Bonchev–Trinajstić information content (AvgIpc) is 3.17. The van der Waals surface area contributed by atoms with Gasteiger partial charge in [-0.15, -0.1) is 5.10 Å². The molecule has 3 aromatic rings. The first-order valence-corrected chi connectivity index (χ1v) is 7.44. The van der Waals surface area contributed by atoms with E-state index in [9.17, 15) is 13.2 Å². The van der Waals surface area contributed by atoms with E-state index in [1.54, 1.807) is 30.8 Å². The highest BCUT2D eigenvalue weighted by atomic mass is 19.4. The molecular weight excluding hydrogens is 349 g/mol. The number of nitrogens with zero attached hydrogens (tertiary/aromatic N) is 5. The molecule has 0 saturated heterocycles. The topological polar surface area (TPSA) is 92.4 Å². The molecule has 0 atom stereocenters. The molecule has 0 aliphatic heterocycles. The number of ether oxygens (including phenoxy) is 1. The van der Waals surface area contributed by atoms with Gasteiger partial charge in [0, 0.05) is 12.6 Å². The van der Waals surface area contributed by atoms with Crippen molar-refractivity contribution in [3.63, 3.8) is 0 Å². The van der Waals surface area contributed by atoms with Crippen LogP contribution in [0.5, 0.6) is 5.75 Å². The maximum absolute atomic E-state index is 13.2. The summed E-state index contributed by atoms with van der Waals surface area (Å²) in [5, 5.41) is 22.8. The fraction of sp³-hybridized carbons (Fsp3) is 0.250. The Kier molecular flexibility index (Phi) is 4.38. The summed E-state index contributed by atoms with van der Waals surface area (Å²) < 4.78 is 46.8. The molecule has 2 aromatic heterocycles. The van der Waals surface area contributed by atoms with Crippen LogP contribution in [0.15, 0.2) is 24.3 Å². The second-order valence-corrected chi connectivity index (χ2v) is 5.57. The van der Waals surface area contributed by atoms with Gasteiger partial charge >= 0.3 is 6.18 Å². The quantitative estimate of drug-likeness (QED) is 0.770. The Morgan fingerprint density at radius 1 is 1.23 bits per heavy atom. The summed E-state index contributed by atoms with van der Waals surface area (Å²) in [4.78, 5) is 0. The summed E-state index contributed by atoms with van der Waals surface area (Å²) in [5.41, 5.74) is 0.592. The molecular formula is C16H13F3N6O. The largest absolute Gasteiger partial charge is 0.487 e. The van der Waals surface area contributed by atoms with Crippen LogP contribution in [-0.4, -0.2) is 25.2 Å². The predicted molar refractivity (Wildman–Crippen MR) is 83.8 cm³/mol. The number of halogens is 3. The van der Waals surface area contributed by atoms with E-state index in [0.717, 1.165) is 17.8 Å². The third-order valence-corrected chi connectivity index (χ3v) is 3.65. The van der Waals surface area contributed by atoms with Crippen molar-refractivity contribution in [1.29, 1.82) is 5.26 Å². The number of alkyl halides is 3. The summed E-state index contributed by atoms with van der Waals surface area (Å²) in [6.45, 7) is 1.85. The van der Waals surface area contributed by atoms with Crippen molar-refractivity contribution in [3.8, 4) is 23.1 Å². The zero-order valence-corrected chi connectivity index (χ0v) is 13.8. The molecule has 2 heterocycles. The van der Waals surface area contributed by atoms with Crippen LogP contribution in [0, 0.1) is 18.3 Å². The first kappa shape index (κ1) is 17.5. The van der Waals surface area contributed by atoms with Gasteiger partial charge in [-0.2, -0.15) is 33.8 Å². The molecule has 0 aliphatic rings. The minimum Gasteiger partial charge on any atom is -0.487 e. The zero-order valence-electron chi connectivity index (χ0n) is 13.8. The van der Waals surface area contributed by atoms with E-state index in [0.29, 0.717) is 5.69 Å². The third kappa shape index (κ3) is 3.51. The highest BCUT2D eigenvalue weighted by Crippen LogP contribution is 2.35. The molecule has 10 heteroatoms. The van der Waals surface area contributed by atoms with Gasteiger partial charge in [0.1, 0.15) is 24.1 Å². The Bertz CT molecular complexity index is 983. The number of H-pyrrole nitrogens is 1.